The molecule has 0 radical (unpaired) electrons. The summed E-state index contributed by atoms with van der Waals surface area (Å²) in [5, 5.41) is 10.4. The van der Waals surface area contributed by atoms with E-state index in [4.69, 9.17) is 5.73 Å². The minimum atomic E-state index is -0.263. The molecule has 4 fully saturated rings. The first-order valence-corrected chi connectivity index (χ1v) is 13.1. The lowest BCUT2D eigenvalue weighted by Crippen LogP contribution is -2.58. The standard InChI is InChI=1S/C27H49NO.ClH/c1-17(2)7-6-8-18(3)21-11-12-22-20-10-9-19-15-25(29)24(28)16-27(19,5)23(20)13-14-26(21,22)4;/h17-25,29H,6-16,28H2,1-5H3;1H/t18-,19?,20+,21-,22+,23+,24?,25?,26-,27+;/m1./s1. The van der Waals surface area contributed by atoms with Crippen LogP contribution in [0.25, 0.3) is 0 Å². The van der Waals surface area contributed by atoms with Crippen LogP contribution in [0.3, 0.4) is 0 Å². The molecule has 3 N–H and O–H groups in total. The molecule has 0 amide bonds. The van der Waals surface area contributed by atoms with Crippen LogP contribution in [0.5, 0.6) is 0 Å². The third kappa shape index (κ3) is 4.12. The summed E-state index contributed by atoms with van der Waals surface area (Å²) in [4.78, 5) is 0. The van der Waals surface area contributed by atoms with Crippen molar-refractivity contribution >= 4 is 12.4 Å². The Kier molecular flexibility index (Phi) is 7.64. The van der Waals surface area contributed by atoms with Crippen LogP contribution in [-0.4, -0.2) is 17.3 Å². The molecule has 0 saturated heterocycles. The molecule has 0 aromatic rings. The van der Waals surface area contributed by atoms with Crippen LogP contribution >= 0.6 is 12.4 Å². The van der Waals surface area contributed by atoms with Gasteiger partial charge in [-0.2, -0.15) is 0 Å². The zero-order chi connectivity index (χ0) is 21.0. The lowest BCUT2D eigenvalue weighted by molar-refractivity contribution is -0.133. The summed E-state index contributed by atoms with van der Waals surface area (Å²) in [5.41, 5.74) is 7.36. The van der Waals surface area contributed by atoms with Crippen LogP contribution in [0.4, 0.5) is 0 Å². The van der Waals surface area contributed by atoms with Crippen molar-refractivity contribution in [3.8, 4) is 0 Å². The highest BCUT2D eigenvalue weighted by molar-refractivity contribution is 5.85. The molecule has 0 bridgehead atoms. The van der Waals surface area contributed by atoms with E-state index in [1.807, 2.05) is 0 Å². The smallest absolute Gasteiger partial charge is 0.0694 e. The van der Waals surface area contributed by atoms with Crippen LogP contribution < -0.4 is 5.73 Å². The zero-order valence-electron chi connectivity index (χ0n) is 20.4. The summed E-state index contributed by atoms with van der Waals surface area (Å²) in [6.07, 6.45) is 14.6. The number of aliphatic hydroxyl groups excluding tert-OH is 1. The first-order chi connectivity index (χ1) is 13.7. The average molecular weight is 440 g/mol. The predicted molar refractivity (Wildman–Crippen MR) is 130 cm³/mol. The summed E-state index contributed by atoms with van der Waals surface area (Å²) in [6.45, 7) is 12.6. The molecule has 4 saturated carbocycles. The molecule has 4 aliphatic rings. The van der Waals surface area contributed by atoms with Gasteiger partial charge in [-0.3, -0.25) is 0 Å². The van der Waals surface area contributed by atoms with Crippen molar-refractivity contribution in [3.05, 3.63) is 0 Å². The highest BCUT2D eigenvalue weighted by Gasteiger charge is 2.61. The molecule has 2 nitrogen and oxygen atoms in total. The number of halogens is 1. The van der Waals surface area contributed by atoms with Crippen molar-refractivity contribution in [1.29, 1.82) is 0 Å². The molecular formula is C27H50ClNO. The topological polar surface area (TPSA) is 46.2 Å². The second-order valence-corrected chi connectivity index (χ2v) is 12.9. The molecular weight excluding hydrogens is 390 g/mol. The fraction of sp³-hybridized carbons (Fsp3) is 1.00. The Labute approximate surface area is 192 Å². The Balaban J connectivity index is 0.00000256. The van der Waals surface area contributed by atoms with Crippen molar-refractivity contribution < 1.29 is 5.11 Å². The molecule has 0 heterocycles. The second-order valence-electron chi connectivity index (χ2n) is 12.9. The molecule has 176 valence electrons. The minimum Gasteiger partial charge on any atom is -0.392 e. The minimum absolute atomic E-state index is 0. The molecule has 0 aromatic heterocycles. The summed E-state index contributed by atoms with van der Waals surface area (Å²) < 4.78 is 0. The summed E-state index contributed by atoms with van der Waals surface area (Å²) >= 11 is 0. The number of hydrogen-bond donors (Lipinski definition) is 2. The van der Waals surface area contributed by atoms with Gasteiger partial charge in [-0.1, -0.05) is 53.9 Å². The van der Waals surface area contributed by atoms with Gasteiger partial charge in [0.15, 0.2) is 0 Å². The molecule has 0 spiro atoms. The number of rotatable bonds is 5. The lowest BCUT2D eigenvalue weighted by atomic mass is 9.44. The maximum Gasteiger partial charge on any atom is 0.0694 e. The highest BCUT2D eigenvalue weighted by Crippen LogP contribution is 2.68. The fourth-order valence-corrected chi connectivity index (χ4v) is 9.37. The molecule has 0 aliphatic heterocycles. The largest absolute Gasteiger partial charge is 0.392 e. The summed E-state index contributed by atoms with van der Waals surface area (Å²) in [6, 6.07) is 0.000571. The van der Waals surface area contributed by atoms with E-state index in [2.05, 4.69) is 34.6 Å². The predicted octanol–water partition coefficient (Wildman–Crippen LogP) is 6.83. The van der Waals surface area contributed by atoms with Gasteiger partial charge < -0.3 is 10.8 Å². The van der Waals surface area contributed by atoms with Crippen LogP contribution in [0.2, 0.25) is 0 Å². The second kappa shape index (κ2) is 9.22. The van der Waals surface area contributed by atoms with Crippen molar-refractivity contribution in [3.63, 3.8) is 0 Å². The van der Waals surface area contributed by atoms with Crippen LogP contribution in [0.15, 0.2) is 0 Å². The molecule has 3 unspecified atom stereocenters. The molecule has 10 atom stereocenters. The van der Waals surface area contributed by atoms with Gasteiger partial charge in [-0.25, -0.2) is 0 Å². The van der Waals surface area contributed by atoms with Crippen molar-refractivity contribution in [2.45, 2.75) is 117 Å². The van der Waals surface area contributed by atoms with Crippen molar-refractivity contribution in [2.75, 3.05) is 0 Å². The van der Waals surface area contributed by atoms with Gasteiger partial charge in [-0.15, -0.1) is 12.4 Å². The molecule has 4 rings (SSSR count). The van der Waals surface area contributed by atoms with Gasteiger partial charge >= 0.3 is 0 Å². The number of nitrogens with two attached hydrogens (primary N) is 1. The summed E-state index contributed by atoms with van der Waals surface area (Å²) in [5.74, 6) is 6.11. The molecule has 3 heteroatoms. The van der Waals surface area contributed by atoms with Crippen LogP contribution in [-0.2, 0) is 0 Å². The number of aliphatic hydroxyl groups is 1. The Morgan fingerprint density at radius 3 is 2.33 bits per heavy atom. The van der Waals surface area contributed by atoms with E-state index < -0.39 is 0 Å². The van der Waals surface area contributed by atoms with Crippen LogP contribution in [0, 0.1) is 52.3 Å². The third-order valence-electron chi connectivity index (χ3n) is 11.0. The molecule has 30 heavy (non-hydrogen) atoms. The Bertz CT molecular complexity index is 581. The van der Waals surface area contributed by atoms with Gasteiger partial charge in [0.25, 0.3) is 0 Å². The molecule has 4 aliphatic carbocycles. The Morgan fingerprint density at radius 1 is 0.933 bits per heavy atom. The monoisotopic (exact) mass is 439 g/mol. The maximum absolute atomic E-state index is 10.4. The van der Waals surface area contributed by atoms with E-state index in [9.17, 15) is 5.11 Å². The van der Waals surface area contributed by atoms with Gasteiger partial charge in [0.1, 0.15) is 0 Å². The average Bonchev–Trinajstić information content (AvgIpc) is 3.00. The maximum atomic E-state index is 10.4. The molecule has 0 aromatic carbocycles. The summed E-state index contributed by atoms with van der Waals surface area (Å²) in [7, 11) is 0. The van der Waals surface area contributed by atoms with Gasteiger partial charge in [0.2, 0.25) is 0 Å². The first kappa shape index (κ1) is 24.8. The van der Waals surface area contributed by atoms with Crippen molar-refractivity contribution in [1.82, 2.24) is 0 Å². The van der Waals surface area contributed by atoms with E-state index in [1.54, 1.807) is 0 Å². The third-order valence-corrected chi connectivity index (χ3v) is 11.0. The lowest BCUT2D eigenvalue weighted by Gasteiger charge is -2.62. The highest BCUT2D eigenvalue weighted by atomic mass is 35.5. The van der Waals surface area contributed by atoms with E-state index in [0.29, 0.717) is 16.7 Å². The zero-order valence-corrected chi connectivity index (χ0v) is 21.2. The normalized spacial score (nSPS) is 49.0. The van der Waals surface area contributed by atoms with Gasteiger partial charge in [0, 0.05) is 6.04 Å². The van der Waals surface area contributed by atoms with Crippen LogP contribution in [0.1, 0.15) is 105 Å². The first-order valence-electron chi connectivity index (χ1n) is 13.1. The fourth-order valence-electron chi connectivity index (χ4n) is 9.37. The quantitative estimate of drug-likeness (QED) is 0.493. The Morgan fingerprint density at radius 2 is 1.63 bits per heavy atom. The number of hydrogen-bond acceptors (Lipinski definition) is 2. The van der Waals surface area contributed by atoms with E-state index in [0.717, 1.165) is 48.3 Å². The van der Waals surface area contributed by atoms with Gasteiger partial charge in [-0.05, 0) is 104 Å². The van der Waals surface area contributed by atoms with Gasteiger partial charge in [0.05, 0.1) is 6.10 Å². The Hall–Kier alpha value is 0.210. The van der Waals surface area contributed by atoms with Crippen molar-refractivity contribution in [2.24, 2.45) is 58.0 Å². The van der Waals surface area contributed by atoms with E-state index >= 15 is 0 Å². The van der Waals surface area contributed by atoms with E-state index in [-0.39, 0.29) is 24.6 Å². The number of fused-ring (bicyclic) bond motifs is 5. The van der Waals surface area contributed by atoms with E-state index in [1.165, 1.54) is 57.8 Å². The SMILES string of the molecule is CC(C)CCC[C@@H](C)[C@H]1CC[C@H]2[C@@H]3CCC4CC(O)C(N)C[C@]4(C)[C@H]3CC[C@]12C.Cl.